The number of H-pyrrole nitrogens is 1. The van der Waals surface area contributed by atoms with Gasteiger partial charge in [0.05, 0.1) is 0 Å². The van der Waals surface area contributed by atoms with Gasteiger partial charge in [-0.3, -0.25) is 9.89 Å². The van der Waals surface area contributed by atoms with Crippen molar-refractivity contribution >= 4 is 11.6 Å². The fourth-order valence-corrected chi connectivity index (χ4v) is 1.69. The molecule has 0 saturated carbocycles. The number of rotatable bonds is 3. The number of carbonyl (C=O) groups is 1. The van der Waals surface area contributed by atoms with Crippen molar-refractivity contribution in [2.75, 3.05) is 5.32 Å². The van der Waals surface area contributed by atoms with Gasteiger partial charge in [-0.15, -0.1) is 5.10 Å². The first kappa shape index (κ1) is 12.3. The third-order valence-electron chi connectivity index (χ3n) is 2.70. The molecule has 5 heteroatoms. The quantitative estimate of drug-likeness (QED) is 0.869. The van der Waals surface area contributed by atoms with Crippen LogP contribution in [0, 0.1) is 13.8 Å². The number of hydrogen-bond acceptors (Lipinski definition) is 3. The molecule has 1 aromatic carbocycles. The molecular formula is C13H16N4O. The van der Waals surface area contributed by atoms with E-state index in [1.807, 2.05) is 39.0 Å². The van der Waals surface area contributed by atoms with E-state index in [1.165, 1.54) is 0 Å². The van der Waals surface area contributed by atoms with Crippen LogP contribution in [0.1, 0.15) is 34.5 Å². The Hall–Kier alpha value is -2.17. The highest BCUT2D eigenvalue weighted by atomic mass is 16.2. The van der Waals surface area contributed by atoms with Gasteiger partial charge in [-0.05, 0) is 25.5 Å². The van der Waals surface area contributed by atoms with Crippen LogP contribution in [-0.2, 0) is 6.42 Å². The predicted octanol–water partition coefficient (Wildman–Crippen LogP) is 2.24. The van der Waals surface area contributed by atoms with E-state index in [0.29, 0.717) is 5.82 Å². The van der Waals surface area contributed by atoms with Crippen LogP contribution in [0.3, 0.4) is 0 Å². The van der Waals surface area contributed by atoms with Crippen molar-refractivity contribution in [1.82, 2.24) is 15.2 Å². The standard InChI is InChI=1S/C13H16N4O/c1-4-11-15-12(17-16-11)13(18)14-10-6-5-8(2)7-9(10)3/h5-7H,4H2,1-3H3,(H,14,18)(H,15,16,17). The molecule has 1 amide bonds. The first-order valence-corrected chi connectivity index (χ1v) is 5.90. The van der Waals surface area contributed by atoms with Gasteiger partial charge >= 0.3 is 0 Å². The van der Waals surface area contributed by atoms with E-state index >= 15 is 0 Å². The molecule has 2 N–H and O–H groups in total. The molecule has 1 heterocycles. The van der Waals surface area contributed by atoms with Crippen molar-refractivity contribution in [3.63, 3.8) is 0 Å². The maximum Gasteiger partial charge on any atom is 0.295 e. The van der Waals surface area contributed by atoms with Crippen LogP contribution in [-0.4, -0.2) is 21.1 Å². The van der Waals surface area contributed by atoms with Crippen LogP contribution >= 0.6 is 0 Å². The number of aromatic amines is 1. The smallest absolute Gasteiger partial charge is 0.295 e. The number of aryl methyl sites for hydroxylation is 3. The Morgan fingerprint density at radius 2 is 2.17 bits per heavy atom. The Balaban J connectivity index is 2.16. The van der Waals surface area contributed by atoms with Crippen molar-refractivity contribution in [3.8, 4) is 0 Å². The summed E-state index contributed by atoms with van der Waals surface area (Å²) in [5.74, 6) is 0.588. The Morgan fingerprint density at radius 1 is 1.39 bits per heavy atom. The van der Waals surface area contributed by atoms with E-state index in [0.717, 1.165) is 23.2 Å². The maximum absolute atomic E-state index is 11.9. The minimum absolute atomic E-state index is 0.173. The van der Waals surface area contributed by atoms with Gasteiger partial charge in [0.2, 0.25) is 5.82 Å². The zero-order valence-corrected chi connectivity index (χ0v) is 10.7. The summed E-state index contributed by atoms with van der Waals surface area (Å²) in [6.07, 6.45) is 0.726. The molecule has 0 fully saturated rings. The van der Waals surface area contributed by atoms with Gasteiger partial charge in [0, 0.05) is 12.1 Å². The van der Waals surface area contributed by atoms with Crippen molar-refractivity contribution in [2.24, 2.45) is 0 Å². The lowest BCUT2D eigenvalue weighted by molar-refractivity contribution is 0.101. The van der Waals surface area contributed by atoms with Crippen LogP contribution in [0.25, 0.3) is 0 Å². The topological polar surface area (TPSA) is 70.7 Å². The minimum atomic E-state index is -0.294. The lowest BCUT2D eigenvalue weighted by atomic mass is 10.1. The number of anilines is 1. The van der Waals surface area contributed by atoms with Crippen molar-refractivity contribution in [1.29, 1.82) is 0 Å². The molecule has 2 aromatic rings. The van der Waals surface area contributed by atoms with Crippen LogP contribution in [0.2, 0.25) is 0 Å². The molecule has 0 bridgehead atoms. The van der Waals surface area contributed by atoms with Crippen molar-refractivity contribution < 1.29 is 4.79 Å². The van der Waals surface area contributed by atoms with Gasteiger partial charge in [-0.1, -0.05) is 24.6 Å². The van der Waals surface area contributed by atoms with Crippen LogP contribution in [0.4, 0.5) is 5.69 Å². The monoisotopic (exact) mass is 244 g/mol. The molecule has 18 heavy (non-hydrogen) atoms. The summed E-state index contributed by atoms with van der Waals surface area (Å²) in [5, 5.41) is 9.41. The van der Waals surface area contributed by atoms with Crippen molar-refractivity contribution in [2.45, 2.75) is 27.2 Å². The zero-order valence-electron chi connectivity index (χ0n) is 10.7. The molecule has 2 rings (SSSR count). The number of hydrogen-bond donors (Lipinski definition) is 2. The van der Waals surface area contributed by atoms with E-state index in [9.17, 15) is 4.79 Å². The van der Waals surface area contributed by atoms with E-state index in [4.69, 9.17) is 0 Å². The third kappa shape index (κ3) is 2.56. The van der Waals surface area contributed by atoms with E-state index < -0.39 is 0 Å². The van der Waals surface area contributed by atoms with Crippen LogP contribution in [0.5, 0.6) is 0 Å². The summed E-state index contributed by atoms with van der Waals surface area (Å²) in [5.41, 5.74) is 2.97. The second-order valence-electron chi connectivity index (χ2n) is 4.23. The molecule has 0 radical (unpaired) electrons. The van der Waals surface area contributed by atoms with Crippen LogP contribution < -0.4 is 5.32 Å². The minimum Gasteiger partial charge on any atom is -0.319 e. The van der Waals surface area contributed by atoms with Gasteiger partial charge in [0.1, 0.15) is 5.82 Å². The SMILES string of the molecule is CCc1nc(C(=O)Nc2ccc(C)cc2C)n[nH]1. The Kier molecular flexibility index (Phi) is 3.41. The molecule has 0 spiro atoms. The molecule has 0 aliphatic heterocycles. The summed E-state index contributed by atoms with van der Waals surface area (Å²) in [4.78, 5) is 16.0. The summed E-state index contributed by atoms with van der Waals surface area (Å²) >= 11 is 0. The Bertz CT molecular complexity index is 574. The van der Waals surface area contributed by atoms with Crippen LogP contribution in [0.15, 0.2) is 18.2 Å². The average Bonchev–Trinajstić information content (AvgIpc) is 2.81. The van der Waals surface area contributed by atoms with E-state index in [1.54, 1.807) is 0 Å². The Labute approximate surface area is 106 Å². The maximum atomic E-state index is 11.9. The number of carbonyl (C=O) groups excluding carboxylic acids is 1. The Morgan fingerprint density at radius 3 is 2.78 bits per heavy atom. The van der Waals surface area contributed by atoms with E-state index in [2.05, 4.69) is 20.5 Å². The van der Waals surface area contributed by atoms with E-state index in [-0.39, 0.29) is 11.7 Å². The highest BCUT2D eigenvalue weighted by Crippen LogP contribution is 2.16. The largest absolute Gasteiger partial charge is 0.319 e. The summed E-state index contributed by atoms with van der Waals surface area (Å²) in [6.45, 7) is 5.92. The normalized spacial score (nSPS) is 10.4. The number of aromatic nitrogens is 3. The first-order chi connectivity index (χ1) is 8.60. The molecule has 0 aliphatic rings. The average molecular weight is 244 g/mol. The zero-order chi connectivity index (χ0) is 13.1. The lowest BCUT2D eigenvalue weighted by Crippen LogP contribution is -2.14. The summed E-state index contributed by atoms with van der Waals surface area (Å²) in [6, 6.07) is 5.86. The lowest BCUT2D eigenvalue weighted by Gasteiger charge is -2.07. The molecule has 0 saturated heterocycles. The van der Waals surface area contributed by atoms with Gasteiger partial charge < -0.3 is 5.32 Å². The van der Waals surface area contributed by atoms with Gasteiger partial charge in [0.15, 0.2) is 0 Å². The number of nitrogens with zero attached hydrogens (tertiary/aromatic N) is 2. The molecule has 5 nitrogen and oxygen atoms in total. The third-order valence-corrected chi connectivity index (χ3v) is 2.70. The second kappa shape index (κ2) is 5.00. The fourth-order valence-electron chi connectivity index (χ4n) is 1.69. The summed E-state index contributed by atoms with van der Waals surface area (Å²) < 4.78 is 0. The van der Waals surface area contributed by atoms with Gasteiger partial charge in [-0.25, -0.2) is 4.98 Å². The number of amides is 1. The fraction of sp³-hybridized carbons (Fsp3) is 0.308. The molecule has 94 valence electrons. The summed E-state index contributed by atoms with van der Waals surface area (Å²) in [7, 11) is 0. The van der Waals surface area contributed by atoms with Gasteiger partial charge in [-0.2, -0.15) is 0 Å². The molecular weight excluding hydrogens is 228 g/mol. The highest BCUT2D eigenvalue weighted by Gasteiger charge is 2.12. The first-order valence-electron chi connectivity index (χ1n) is 5.90. The number of benzene rings is 1. The van der Waals surface area contributed by atoms with Gasteiger partial charge in [0.25, 0.3) is 5.91 Å². The van der Waals surface area contributed by atoms with Crippen molar-refractivity contribution in [3.05, 3.63) is 41.0 Å². The molecule has 0 aliphatic carbocycles. The number of nitrogens with one attached hydrogen (secondary N) is 2. The highest BCUT2D eigenvalue weighted by molar-refractivity contribution is 6.01. The second-order valence-corrected chi connectivity index (χ2v) is 4.23. The molecule has 0 unspecified atom stereocenters. The molecule has 0 atom stereocenters. The molecule has 1 aromatic heterocycles. The predicted molar refractivity (Wildman–Crippen MR) is 69.6 cm³/mol.